The van der Waals surface area contributed by atoms with Crippen LogP contribution in [-0.4, -0.2) is 18.4 Å². The Hall–Kier alpha value is -1.51. The van der Waals surface area contributed by atoms with E-state index in [9.17, 15) is 0 Å². The van der Waals surface area contributed by atoms with Crippen LogP contribution in [0, 0.1) is 18.3 Å². The zero-order chi connectivity index (χ0) is 13.3. The lowest BCUT2D eigenvalue weighted by Gasteiger charge is -2.29. The van der Waals surface area contributed by atoms with Gasteiger partial charge in [-0.3, -0.25) is 5.41 Å². The number of anilines is 1. The molecule has 98 valence electrons. The van der Waals surface area contributed by atoms with Gasteiger partial charge in [0.1, 0.15) is 5.84 Å². The molecule has 0 bridgehead atoms. The van der Waals surface area contributed by atoms with E-state index < -0.39 is 0 Å². The third-order valence-corrected chi connectivity index (χ3v) is 3.30. The minimum Gasteiger partial charge on any atom is -0.384 e. The number of aryl methyl sites for hydroxylation is 1. The summed E-state index contributed by atoms with van der Waals surface area (Å²) in [6, 6.07) is 6.81. The predicted molar refractivity (Wildman–Crippen MR) is 77.4 cm³/mol. The third kappa shape index (κ3) is 2.84. The van der Waals surface area contributed by atoms with Crippen molar-refractivity contribution in [1.29, 1.82) is 5.41 Å². The van der Waals surface area contributed by atoms with Crippen LogP contribution in [0.4, 0.5) is 5.69 Å². The Morgan fingerprint density at radius 2 is 2.11 bits per heavy atom. The van der Waals surface area contributed by atoms with E-state index in [0.717, 1.165) is 17.8 Å². The number of nitrogens with two attached hydrogens (primary N) is 1. The highest BCUT2D eigenvalue weighted by Gasteiger charge is 2.31. The first kappa shape index (κ1) is 12.9. The van der Waals surface area contributed by atoms with Gasteiger partial charge in [-0.25, -0.2) is 0 Å². The number of benzene rings is 1. The SMILES string of the molecule is Cc1ccc(C(=N)N)c(N(CC(C)C)C2CC2)c1. The van der Waals surface area contributed by atoms with Crippen LogP contribution in [0.5, 0.6) is 0 Å². The Morgan fingerprint density at radius 3 is 2.61 bits per heavy atom. The van der Waals surface area contributed by atoms with Crippen molar-refractivity contribution in [2.75, 3.05) is 11.4 Å². The topological polar surface area (TPSA) is 53.1 Å². The second-order valence-electron chi connectivity index (χ2n) is 5.71. The standard InChI is InChI=1S/C15H23N3/c1-10(2)9-18(12-5-6-12)14-8-11(3)4-7-13(14)15(16)17/h4,7-8,10,12H,5-6,9H2,1-3H3,(H3,16,17). The van der Waals surface area contributed by atoms with Gasteiger partial charge in [0.05, 0.1) is 0 Å². The average Bonchev–Trinajstić information content (AvgIpc) is 3.08. The van der Waals surface area contributed by atoms with Crippen molar-refractivity contribution in [2.24, 2.45) is 11.7 Å². The van der Waals surface area contributed by atoms with Gasteiger partial charge in [-0.2, -0.15) is 0 Å². The zero-order valence-electron chi connectivity index (χ0n) is 11.5. The maximum atomic E-state index is 7.73. The van der Waals surface area contributed by atoms with E-state index >= 15 is 0 Å². The van der Waals surface area contributed by atoms with Gasteiger partial charge in [-0.1, -0.05) is 19.9 Å². The van der Waals surface area contributed by atoms with Crippen LogP contribution in [-0.2, 0) is 0 Å². The molecule has 0 saturated heterocycles. The summed E-state index contributed by atoms with van der Waals surface area (Å²) in [4.78, 5) is 2.44. The molecule has 1 aromatic rings. The molecule has 0 atom stereocenters. The Kier molecular flexibility index (Phi) is 3.60. The molecule has 0 aromatic heterocycles. The molecule has 1 aliphatic carbocycles. The van der Waals surface area contributed by atoms with Crippen molar-refractivity contribution in [3.8, 4) is 0 Å². The lowest BCUT2D eigenvalue weighted by Crippen LogP contribution is -2.32. The Bertz CT molecular complexity index is 447. The Balaban J connectivity index is 2.38. The van der Waals surface area contributed by atoms with Crippen LogP contribution in [0.2, 0.25) is 0 Å². The summed E-state index contributed by atoms with van der Waals surface area (Å²) >= 11 is 0. The lowest BCUT2D eigenvalue weighted by atomic mass is 10.1. The van der Waals surface area contributed by atoms with Gasteiger partial charge in [0, 0.05) is 23.8 Å². The Labute approximate surface area is 109 Å². The van der Waals surface area contributed by atoms with Crippen molar-refractivity contribution in [3.63, 3.8) is 0 Å². The van der Waals surface area contributed by atoms with Gasteiger partial charge in [-0.05, 0) is 43.4 Å². The molecule has 1 saturated carbocycles. The molecular formula is C15H23N3. The molecule has 0 aliphatic heterocycles. The fraction of sp³-hybridized carbons (Fsp3) is 0.533. The van der Waals surface area contributed by atoms with E-state index in [-0.39, 0.29) is 5.84 Å². The molecular weight excluding hydrogens is 222 g/mol. The smallest absolute Gasteiger partial charge is 0.124 e. The second kappa shape index (κ2) is 5.01. The summed E-state index contributed by atoms with van der Waals surface area (Å²) in [6.45, 7) is 7.60. The van der Waals surface area contributed by atoms with Gasteiger partial charge in [0.2, 0.25) is 0 Å². The number of nitrogens with zero attached hydrogens (tertiary/aromatic N) is 1. The number of rotatable bonds is 5. The van der Waals surface area contributed by atoms with Crippen LogP contribution >= 0.6 is 0 Å². The van der Waals surface area contributed by atoms with Gasteiger partial charge >= 0.3 is 0 Å². The monoisotopic (exact) mass is 245 g/mol. The summed E-state index contributed by atoms with van der Waals surface area (Å²) in [5.41, 5.74) is 8.94. The number of nitrogen functional groups attached to an aromatic ring is 1. The van der Waals surface area contributed by atoms with E-state index in [0.29, 0.717) is 12.0 Å². The number of amidine groups is 1. The molecule has 0 unspecified atom stereocenters. The first-order valence-corrected chi connectivity index (χ1v) is 6.70. The van der Waals surface area contributed by atoms with Gasteiger partial charge in [-0.15, -0.1) is 0 Å². The molecule has 3 N–H and O–H groups in total. The van der Waals surface area contributed by atoms with Gasteiger partial charge in [0.25, 0.3) is 0 Å². The number of hydrogen-bond acceptors (Lipinski definition) is 2. The first-order chi connectivity index (χ1) is 8.49. The first-order valence-electron chi connectivity index (χ1n) is 6.70. The van der Waals surface area contributed by atoms with E-state index in [4.69, 9.17) is 11.1 Å². The molecule has 1 fully saturated rings. The van der Waals surface area contributed by atoms with Crippen molar-refractivity contribution >= 4 is 11.5 Å². The highest BCUT2D eigenvalue weighted by Crippen LogP contribution is 2.34. The van der Waals surface area contributed by atoms with E-state index in [1.54, 1.807) is 0 Å². The summed E-state index contributed by atoms with van der Waals surface area (Å²) in [5, 5.41) is 7.73. The average molecular weight is 245 g/mol. The lowest BCUT2D eigenvalue weighted by molar-refractivity contribution is 0.607. The predicted octanol–water partition coefficient (Wildman–Crippen LogP) is 2.90. The van der Waals surface area contributed by atoms with Crippen molar-refractivity contribution in [3.05, 3.63) is 29.3 Å². The number of hydrogen-bond donors (Lipinski definition) is 2. The maximum Gasteiger partial charge on any atom is 0.124 e. The third-order valence-electron chi connectivity index (χ3n) is 3.30. The molecule has 2 rings (SSSR count). The maximum absolute atomic E-state index is 7.73. The van der Waals surface area contributed by atoms with Crippen LogP contribution in [0.25, 0.3) is 0 Å². The van der Waals surface area contributed by atoms with Crippen molar-refractivity contribution in [1.82, 2.24) is 0 Å². The molecule has 18 heavy (non-hydrogen) atoms. The van der Waals surface area contributed by atoms with Gasteiger partial charge in [0.15, 0.2) is 0 Å². The molecule has 0 amide bonds. The number of nitrogens with one attached hydrogen (secondary N) is 1. The highest BCUT2D eigenvalue weighted by atomic mass is 15.2. The molecule has 3 heteroatoms. The van der Waals surface area contributed by atoms with Crippen LogP contribution < -0.4 is 10.6 Å². The second-order valence-corrected chi connectivity index (χ2v) is 5.71. The summed E-state index contributed by atoms with van der Waals surface area (Å²) in [5.74, 6) is 0.783. The fourth-order valence-electron chi connectivity index (χ4n) is 2.33. The molecule has 0 heterocycles. The normalized spacial score (nSPS) is 14.9. The van der Waals surface area contributed by atoms with Gasteiger partial charge < -0.3 is 10.6 Å². The molecule has 1 aliphatic rings. The van der Waals surface area contributed by atoms with Crippen molar-refractivity contribution < 1.29 is 0 Å². The van der Waals surface area contributed by atoms with Crippen LogP contribution in [0.15, 0.2) is 18.2 Å². The molecule has 1 aromatic carbocycles. The summed E-state index contributed by atoms with van der Waals surface area (Å²) in [7, 11) is 0. The quantitative estimate of drug-likeness (QED) is 0.619. The Morgan fingerprint density at radius 1 is 1.44 bits per heavy atom. The van der Waals surface area contributed by atoms with E-state index in [1.165, 1.54) is 18.4 Å². The van der Waals surface area contributed by atoms with Crippen molar-refractivity contribution in [2.45, 2.75) is 39.7 Å². The highest BCUT2D eigenvalue weighted by molar-refractivity contribution is 6.00. The summed E-state index contributed by atoms with van der Waals surface area (Å²) < 4.78 is 0. The molecule has 3 nitrogen and oxygen atoms in total. The minimum absolute atomic E-state index is 0.166. The van der Waals surface area contributed by atoms with E-state index in [1.807, 2.05) is 12.1 Å². The summed E-state index contributed by atoms with van der Waals surface area (Å²) in [6.07, 6.45) is 2.52. The van der Waals surface area contributed by atoms with Crippen LogP contribution in [0.3, 0.4) is 0 Å². The van der Waals surface area contributed by atoms with E-state index in [2.05, 4.69) is 31.7 Å². The fourth-order valence-corrected chi connectivity index (χ4v) is 2.33. The van der Waals surface area contributed by atoms with Crippen LogP contribution in [0.1, 0.15) is 37.8 Å². The molecule has 0 spiro atoms. The zero-order valence-corrected chi connectivity index (χ0v) is 11.5. The largest absolute Gasteiger partial charge is 0.384 e. The molecule has 0 radical (unpaired) electrons. The minimum atomic E-state index is 0.166.